The maximum absolute atomic E-state index is 5.43. The Morgan fingerprint density at radius 3 is 3.10 bits per heavy atom. The highest BCUT2D eigenvalue weighted by molar-refractivity contribution is 5.85. The zero-order chi connectivity index (χ0) is 14.7. The lowest BCUT2D eigenvalue weighted by Gasteiger charge is -2.13. The molecule has 0 spiro atoms. The molecule has 0 aromatic carbocycles. The second kappa shape index (κ2) is 6.11. The Labute approximate surface area is 124 Å². The molecule has 0 fully saturated rings. The van der Waals surface area contributed by atoms with Gasteiger partial charge in [-0.1, -0.05) is 25.4 Å². The standard InChI is InChI=1S/C15H21N5O/c1-3-5-12-9-15(20-14(18-12)6-7-17-20)16-10-13-8-11(4-2)19-21-13/h6-7,9,13,16H,3-5,8,10H2,1-2H3/t13-/m1/s1. The van der Waals surface area contributed by atoms with Gasteiger partial charge in [-0.3, -0.25) is 0 Å². The summed E-state index contributed by atoms with van der Waals surface area (Å²) in [6, 6.07) is 3.99. The fourth-order valence-electron chi connectivity index (χ4n) is 2.50. The van der Waals surface area contributed by atoms with Crippen molar-refractivity contribution in [2.75, 3.05) is 11.9 Å². The van der Waals surface area contributed by atoms with E-state index in [2.05, 4.69) is 40.5 Å². The van der Waals surface area contributed by atoms with E-state index < -0.39 is 0 Å². The monoisotopic (exact) mass is 287 g/mol. The number of fused-ring (bicyclic) bond motifs is 1. The fourth-order valence-corrected chi connectivity index (χ4v) is 2.50. The Kier molecular flexibility index (Phi) is 4.03. The molecule has 6 heteroatoms. The number of nitrogens with zero attached hydrogens (tertiary/aromatic N) is 4. The maximum Gasteiger partial charge on any atom is 0.157 e. The van der Waals surface area contributed by atoms with Crippen LogP contribution in [0.5, 0.6) is 0 Å². The molecule has 1 aliphatic rings. The number of hydrogen-bond donors (Lipinski definition) is 1. The zero-order valence-electron chi connectivity index (χ0n) is 12.5. The number of oxime groups is 1. The van der Waals surface area contributed by atoms with E-state index >= 15 is 0 Å². The second-order valence-corrected chi connectivity index (χ2v) is 5.31. The van der Waals surface area contributed by atoms with E-state index in [0.29, 0.717) is 0 Å². The molecule has 0 radical (unpaired) electrons. The molecule has 1 aliphatic heterocycles. The van der Waals surface area contributed by atoms with Crippen LogP contribution < -0.4 is 5.32 Å². The predicted molar refractivity (Wildman–Crippen MR) is 82.7 cm³/mol. The molecule has 6 nitrogen and oxygen atoms in total. The van der Waals surface area contributed by atoms with Gasteiger partial charge in [-0.05, 0) is 12.8 Å². The van der Waals surface area contributed by atoms with Gasteiger partial charge in [-0.15, -0.1) is 0 Å². The molecule has 0 unspecified atom stereocenters. The SMILES string of the molecule is CCCc1cc(NC[C@H]2CC(CC)=NO2)n2nccc2n1. The maximum atomic E-state index is 5.43. The van der Waals surface area contributed by atoms with Crippen LogP contribution in [0.2, 0.25) is 0 Å². The van der Waals surface area contributed by atoms with E-state index in [4.69, 9.17) is 4.84 Å². The molecule has 1 atom stereocenters. The topological polar surface area (TPSA) is 63.8 Å². The quantitative estimate of drug-likeness (QED) is 0.887. The number of hydrogen-bond acceptors (Lipinski definition) is 5. The third-order valence-corrected chi connectivity index (χ3v) is 3.63. The van der Waals surface area contributed by atoms with E-state index in [1.54, 1.807) is 6.20 Å². The van der Waals surface area contributed by atoms with Crippen LogP contribution in [0.25, 0.3) is 5.65 Å². The first-order chi connectivity index (χ1) is 10.3. The summed E-state index contributed by atoms with van der Waals surface area (Å²) in [6.45, 7) is 4.98. The highest BCUT2D eigenvalue weighted by Gasteiger charge is 2.19. The highest BCUT2D eigenvalue weighted by atomic mass is 16.6. The van der Waals surface area contributed by atoms with Crippen molar-refractivity contribution in [2.45, 2.75) is 45.6 Å². The van der Waals surface area contributed by atoms with Crippen molar-refractivity contribution in [3.8, 4) is 0 Å². The number of aryl methyl sites for hydroxylation is 1. The van der Waals surface area contributed by atoms with Crippen LogP contribution in [0.1, 0.15) is 38.8 Å². The molecular formula is C15H21N5O. The normalized spacial score (nSPS) is 17.8. The van der Waals surface area contributed by atoms with Crippen molar-refractivity contribution >= 4 is 17.2 Å². The van der Waals surface area contributed by atoms with Crippen LogP contribution >= 0.6 is 0 Å². The molecular weight excluding hydrogens is 266 g/mol. The minimum absolute atomic E-state index is 0.105. The molecule has 0 saturated carbocycles. The minimum Gasteiger partial charge on any atom is -0.390 e. The van der Waals surface area contributed by atoms with Crippen LogP contribution in [0.4, 0.5) is 5.82 Å². The molecule has 0 aliphatic carbocycles. The Morgan fingerprint density at radius 1 is 1.43 bits per heavy atom. The summed E-state index contributed by atoms with van der Waals surface area (Å²) in [5, 5.41) is 11.8. The third kappa shape index (κ3) is 2.99. The molecule has 1 N–H and O–H groups in total. The lowest BCUT2D eigenvalue weighted by molar-refractivity contribution is 0.0948. The molecule has 3 heterocycles. The lowest BCUT2D eigenvalue weighted by atomic mass is 10.1. The van der Waals surface area contributed by atoms with Gasteiger partial charge < -0.3 is 10.2 Å². The van der Waals surface area contributed by atoms with E-state index in [9.17, 15) is 0 Å². The summed E-state index contributed by atoms with van der Waals surface area (Å²) in [5.41, 5.74) is 3.10. The average molecular weight is 287 g/mol. The van der Waals surface area contributed by atoms with E-state index in [0.717, 1.165) is 55.1 Å². The molecule has 0 amide bonds. The molecule has 3 rings (SSSR count). The zero-order valence-corrected chi connectivity index (χ0v) is 12.5. The van der Waals surface area contributed by atoms with Crippen molar-refractivity contribution < 1.29 is 4.84 Å². The van der Waals surface area contributed by atoms with Crippen LogP contribution in [0, 0.1) is 0 Å². The van der Waals surface area contributed by atoms with Crippen LogP contribution in [-0.4, -0.2) is 33.0 Å². The summed E-state index contributed by atoms with van der Waals surface area (Å²) in [7, 11) is 0. The lowest BCUT2D eigenvalue weighted by Crippen LogP contribution is -2.21. The van der Waals surface area contributed by atoms with Crippen molar-refractivity contribution in [1.29, 1.82) is 0 Å². The Balaban J connectivity index is 1.72. The minimum atomic E-state index is 0.105. The van der Waals surface area contributed by atoms with E-state index in [1.165, 1.54) is 0 Å². The second-order valence-electron chi connectivity index (χ2n) is 5.31. The number of rotatable bonds is 6. The molecule has 0 bridgehead atoms. The van der Waals surface area contributed by atoms with E-state index in [1.807, 2.05) is 10.6 Å². The smallest absolute Gasteiger partial charge is 0.157 e. The first kappa shape index (κ1) is 13.9. The Morgan fingerprint density at radius 2 is 2.33 bits per heavy atom. The van der Waals surface area contributed by atoms with Crippen LogP contribution in [0.3, 0.4) is 0 Å². The van der Waals surface area contributed by atoms with Gasteiger partial charge in [0, 0.05) is 24.2 Å². The molecule has 2 aromatic rings. The first-order valence-corrected chi connectivity index (χ1v) is 7.59. The summed E-state index contributed by atoms with van der Waals surface area (Å²) in [4.78, 5) is 10.0. The average Bonchev–Trinajstić information content (AvgIpc) is 3.13. The van der Waals surface area contributed by atoms with Crippen molar-refractivity contribution in [2.24, 2.45) is 5.16 Å². The van der Waals surface area contributed by atoms with Crippen LogP contribution in [-0.2, 0) is 11.3 Å². The van der Waals surface area contributed by atoms with Gasteiger partial charge in [-0.25, -0.2) is 4.98 Å². The van der Waals surface area contributed by atoms with Gasteiger partial charge in [0.25, 0.3) is 0 Å². The molecule has 2 aromatic heterocycles. The van der Waals surface area contributed by atoms with Crippen molar-refractivity contribution in [3.63, 3.8) is 0 Å². The van der Waals surface area contributed by atoms with Crippen molar-refractivity contribution in [1.82, 2.24) is 14.6 Å². The Bertz CT molecular complexity index is 649. The Hall–Kier alpha value is -2.11. The number of anilines is 1. The number of aromatic nitrogens is 3. The van der Waals surface area contributed by atoms with Crippen LogP contribution in [0.15, 0.2) is 23.5 Å². The first-order valence-electron chi connectivity index (χ1n) is 7.59. The molecule has 0 saturated heterocycles. The van der Waals surface area contributed by atoms with Gasteiger partial charge >= 0.3 is 0 Å². The summed E-state index contributed by atoms with van der Waals surface area (Å²) in [6.07, 6.45) is 5.78. The fraction of sp³-hybridized carbons (Fsp3) is 0.533. The summed E-state index contributed by atoms with van der Waals surface area (Å²) >= 11 is 0. The number of nitrogens with one attached hydrogen (secondary N) is 1. The van der Waals surface area contributed by atoms with Gasteiger partial charge in [0.1, 0.15) is 11.9 Å². The third-order valence-electron chi connectivity index (χ3n) is 3.63. The van der Waals surface area contributed by atoms with Crippen molar-refractivity contribution in [3.05, 3.63) is 24.0 Å². The molecule has 112 valence electrons. The van der Waals surface area contributed by atoms with Gasteiger partial charge in [0.2, 0.25) is 0 Å². The summed E-state index contributed by atoms with van der Waals surface area (Å²) < 4.78 is 1.83. The highest BCUT2D eigenvalue weighted by Crippen LogP contribution is 2.16. The van der Waals surface area contributed by atoms with Gasteiger partial charge in [-0.2, -0.15) is 9.61 Å². The van der Waals surface area contributed by atoms with Gasteiger partial charge in [0.05, 0.1) is 18.5 Å². The molecule has 21 heavy (non-hydrogen) atoms. The van der Waals surface area contributed by atoms with Gasteiger partial charge in [0.15, 0.2) is 5.65 Å². The summed E-state index contributed by atoms with van der Waals surface area (Å²) in [5.74, 6) is 0.960. The predicted octanol–water partition coefficient (Wildman–Crippen LogP) is 2.65. The van der Waals surface area contributed by atoms with E-state index in [-0.39, 0.29) is 6.10 Å². The largest absolute Gasteiger partial charge is 0.390 e.